The summed E-state index contributed by atoms with van der Waals surface area (Å²) in [4.78, 5) is 22.0. The fraction of sp³-hybridized carbons (Fsp3) is 0.0455. The van der Waals surface area contributed by atoms with Crippen LogP contribution in [0.15, 0.2) is 86.6 Å². The van der Waals surface area contributed by atoms with E-state index < -0.39 is 0 Å². The topological polar surface area (TPSA) is 97.5 Å². The Morgan fingerprint density at radius 3 is 2.53 bits per heavy atom. The summed E-state index contributed by atoms with van der Waals surface area (Å²) < 4.78 is 6.64. The molecule has 0 aliphatic heterocycles. The lowest BCUT2D eigenvalue weighted by Gasteiger charge is -2.02. The first-order chi connectivity index (χ1) is 15.7. The minimum atomic E-state index is -0.343. The van der Waals surface area contributed by atoms with E-state index in [4.69, 9.17) is 4.74 Å². The minimum absolute atomic E-state index is 0.182. The molecule has 0 saturated heterocycles. The van der Waals surface area contributed by atoms with E-state index in [1.54, 1.807) is 18.7 Å². The molecule has 158 valence electrons. The Morgan fingerprint density at radius 1 is 1.00 bits per heavy atom. The van der Waals surface area contributed by atoms with Crippen LogP contribution in [0.3, 0.4) is 0 Å². The second-order valence-corrected chi connectivity index (χ2v) is 8.31. The number of ether oxygens (including phenoxy) is 1. The zero-order chi connectivity index (χ0) is 21.9. The predicted molar refractivity (Wildman–Crippen MR) is 126 cm³/mol. The van der Waals surface area contributed by atoms with Crippen LogP contribution < -0.4 is 10.3 Å². The number of thiazole rings is 2. The summed E-state index contributed by atoms with van der Waals surface area (Å²) in [6, 6.07) is 17.2. The van der Waals surface area contributed by atoms with Crippen molar-refractivity contribution >= 4 is 33.5 Å². The molecule has 1 N–H and O–H groups in total. The molecule has 32 heavy (non-hydrogen) atoms. The summed E-state index contributed by atoms with van der Waals surface area (Å²) in [5.74, 6) is 0.717. The largest absolute Gasteiger partial charge is 0.497 e. The van der Waals surface area contributed by atoms with Gasteiger partial charge in [-0.3, -0.25) is 9.89 Å². The van der Waals surface area contributed by atoms with Crippen LogP contribution in [0.1, 0.15) is 0 Å². The quantitative estimate of drug-likeness (QED) is 0.322. The highest BCUT2D eigenvalue weighted by Crippen LogP contribution is 2.31. The predicted octanol–water partition coefficient (Wildman–Crippen LogP) is 5.84. The highest BCUT2D eigenvalue weighted by atomic mass is 32.1. The van der Waals surface area contributed by atoms with Crippen LogP contribution in [-0.4, -0.2) is 26.9 Å². The van der Waals surface area contributed by atoms with Gasteiger partial charge in [-0.2, -0.15) is 4.68 Å². The Labute approximate surface area is 190 Å². The lowest BCUT2D eigenvalue weighted by Crippen LogP contribution is -2.13. The van der Waals surface area contributed by atoms with Crippen molar-refractivity contribution in [2.45, 2.75) is 0 Å². The molecule has 3 heterocycles. The molecule has 0 fully saturated rings. The molecule has 0 bridgehead atoms. The van der Waals surface area contributed by atoms with E-state index >= 15 is 0 Å². The van der Waals surface area contributed by atoms with Crippen LogP contribution in [0.25, 0.3) is 27.6 Å². The van der Waals surface area contributed by atoms with Gasteiger partial charge in [0.1, 0.15) is 5.75 Å². The summed E-state index contributed by atoms with van der Waals surface area (Å²) in [6.07, 6.45) is 1.64. The molecule has 10 heteroatoms. The zero-order valence-electron chi connectivity index (χ0n) is 16.8. The number of hydrogen-bond donors (Lipinski definition) is 1. The zero-order valence-corrected chi connectivity index (χ0v) is 18.4. The molecule has 0 spiro atoms. The summed E-state index contributed by atoms with van der Waals surface area (Å²) in [7, 11) is 1.60. The third kappa shape index (κ3) is 3.88. The molecular formula is C22H16N6O2S2. The van der Waals surface area contributed by atoms with Gasteiger partial charge in [0, 0.05) is 28.1 Å². The van der Waals surface area contributed by atoms with Crippen LogP contribution in [0.5, 0.6) is 5.75 Å². The van der Waals surface area contributed by atoms with E-state index in [1.165, 1.54) is 27.4 Å². The van der Waals surface area contributed by atoms with Crippen molar-refractivity contribution in [3.05, 3.63) is 81.9 Å². The van der Waals surface area contributed by atoms with Crippen molar-refractivity contribution in [2.75, 3.05) is 7.11 Å². The monoisotopic (exact) mass is 460 g/mol. The standard InChI is InChI=1S/C22H16N6O2S2/c1-30-16-9-7-15(8-10-16)18-19(25-26-21-23-11-12-31-21)20(29)28(27-18)22-24-17(13-32-22)14-5-3-2-4-6-14/h2-13,27H,1H3. The van der Waals surface area contributed by atoms with Gasteiger partial charge in [-0.25, -0.2) is 9.97 Å². The highest BCUT2D eigenvalue weighted by Gasteiger charge is 2.19. The average Bonchev–Trinajstić information content (AvgIpc) is 3.59. The maximum atomic E-state index is 13.3. The molecule has 0 amide bonds. The Bertz CT molecular complexity index is 1420. The number of methoxy groups -OCH3 is 1. The van der Waals surface area contributed by atoms with Crippen molar-refractivity contribution in [3.63, 3.8) is 0 Å². The number of aromatic nitrogens is 4. The Morgan fingerprint density at radius 2 is 1.81 bits per heavy atom. The van der Waals surface area contributed by atoms with Gasteiger partial charge >= 0.3 is 5.56 Å². The normalized spacial score (nSPS) is 11.3. The van der Waals surface area contributed by atoms with Gasteiger partial charge < -0.3 is 4.74 Å². The number of nitrogens with one attached hydrogen (secondary N) is 1. The van der Waals surface area contributed by atoms with E-state index in [2.05, 4.69) is 25.3 Å². The Hall–Kier alpha value is -3.89. The molecule has 3 aromatic heterocycles. The van der Waals surface area contributed by atoms with Gasteiger partial charge in [-0.05, 0) is 24.3 Å². The number of hydrogen-bond acceptors (Lipinski definition) is 8. The van der Waals surface area contributed by atoms with Gasteiger partial charge in [0.15, 0.2) is 5.69 Å². The second-order valence-electron chi connectivity index (χ2n) is 6.60. The van der Waals surface area contributed by atoms with Crippen LogP contribution in [-0.2, 0) is 0 Å². The number of benzene rings is 2. The van der Waals surface area contributed by atoms with Gasteiger partial charge in [-0.1, -0.05) is 30.3 Å². The fourth-order valence-corrected chi connectivity index (χ4v) is 4.33. The first kappa shape index (κ1) is 20.0. The van der Waals surface area contributed by atoms with Gasteiger partial charge in [-0.15, -0.1) is 32.9 Å². The summed E-state index contributed by atoms with van der Waals surface area (Å²) in [6.45, 7) is 0. The molecule has 5 aromatic rings. The summed E-state index contributed by atoms with van der Waals surface area (Å²) in [5, 5.41) is 16.2. The number of rotatable bonds is 6. The van der Waals surface area contributed by atoms with Crippen molar-refractivity contribution in [1.29, 1.82) is 0 Å². The third-order valence-electron chi connectivity index (χ3n) is 4.65. The van der Waals surface area contributed by atoms with Crippen LogP contribution in [0.4, 0.5) is 10.8 Å². The van der Waals surface area contributed by atoms with E-state index in [0.717, 1.165) is 16.8 Å². The third-order valence-corrected chi connectivity index (χ3v) is 6.13. The van der Waals surface area contributed by atoms with Crippen molar-refractivity contribution < 1.29 is 4.74 Å². The van der Waals surface area contributed by atoms with Gasteiger partial charge in [0.25, 0.3) is 0 Å². The first-order valence-electron chi connectivity index (χ1n) is 9.55. The highest BCUT2D eigenvalue weighted by molar-refractivity contribution is 7.13. The SMILES string of the molecule is COc1ccc(-c2[nH]n(-c3nc(-c4ccccc4)cs3)c(=O)c2N=Nc2nccs2)cc1. The van der Waals surface area contributed by atoms with Crippen molar-refractivity contribution in [3.8, 4) is 33.4 Å². The lowest BCUT2D eigenvalue weighted by atomic mass is 10.1. The molecular weight excluding hydrogens is 444 g/mol. The molecule has 0 radical (unpaired) electrons. The summed E-state index contributed by atoms with van der Waals surface area (Å²) >= 11 is 2.71. The van der Waals surface area contributed by atoms with Crippen molar-refractivity contribution in [1.82, 2.24) is 19.7 Å². The number of nitrogens with zero attached hydrogens (tertiary/aromatic N) is 5. The smallest absolute Gasteiger partial charge is 0.301 e. The summed E-state index contributed by atoms with van der Waals surface area (Å²) in [5.41, 5.74) is 2.92. The Balaban J connectivity index is 1.61. The molecule has 0 unspecified atom stereocenters. The molecule has 0 aliphatic carbocycles. The average molecular weight is 461 g/mol. The second kappa shape index (κ2) is 8.69. The van der Waals surface area contributed by atoms with Gasteiger partial charge in [0.05, 0.1) is 18.5 Å². The fourth-order valence-electron chi connectivity index (χ4n) is 3.08. The molecule has 5 rings (SSSR count). The first-order valence-corrected chi connectivity index (χ1v) is 11.3. The van der Waals surface area contributed by atoms with E-state index in [1.807, 2.05) is 60.0 Å². The molecule has 0 saturated carbocycles. The molecule has 0 aliphatic rings. The maximum absolute atomic E-state index is 13.3. The van der Waals surface area contributed by atoms with E-state index in [0.29, 0.717) is 21.7 Å². The number of aromatic amines is 1. The van der Waals surface area contributed by atoms with Crippen LogP contribution >= 0.6 is 22.7 Å². The van der Waals surface area contributed by atoms with Gasteiger partial charge in [0.2, 0.25) is 10.3 Å². The Kier molecular flexibility index (Phi) is 5.44. The van der Waals surface area contributed by atoms with E-state index in [9.17, 15) is 4.79 Å². The lowest BCUT2D eigenvalue weighted by molar-refractivity contribution is 0.415. The number of H-pyrrole nitrogens is 1. The van der Waals surface area contributed by atoms with Crippen LogP contribution in [0.2, 0.25) is 0 Å². The molecule has 2 aromatic carbocycles. The maximum Gasteiger partial charge on any atom is 0.301 e. The molecule has 0 atom stereocenters. The number of azo groups is 1. The van der Waals surface area contributed by atoms with E-state index in [-0.39, 0.29) is 11.2 Å². The molecule has 8 nitrogen and oxygen atoms in total. The van der Waals surface area contributed by atoms with Crippen LogP contribution in [0, 0.1) is 0 Å². The van der Waals surface area contributed by atoms with Crippen molar-refractivity contribution in [2.24, 2.45) is 10.2 Å². The minimum Gasteiger partial charge on any atom is -0.497 e.